The molecule has 0 saturated carbocycles. The Balaban J connectivity index is 2.23. The third kappa shape index (κ3) is 2.92. The number of halogens is 2. The van der Waals surface area contributed by atoms with Gasteiger partial charge >= 0.3 is 0 Å². The fraction of sp³-hybridized carbons (Fsp3) is 0.231. The molecule has 3 nitrogen and oxygen atoms in total. The molecule has 0 atom stereocenters. The van der Waals surface area contributed by atoms with Crippen molar-refractivity contribution in [1.82, 2.24) is 10.2 Å². The zero-order chi connectivity index (χ0) is 13.1. The Bertz CT molecular complexity index is 532. The van der Waals surface area contributed by atoms with Crippen LogP contribution in [0.2, 0.25) is 5.02 Å². The van der Waals surface area contributed by atoms with Gasteiger partial charge in [0.2, 0.25) is 5.88 Å². The van der Waals surface area contributed by atoms with E-state index in [0.717, 1.165) is 16.1 Å². The molecule has 0 bridgehead atoms. The highest BCUT2D eigenvalue weighted by Crippen LogP contribution is 2.28. The number of benzene rings is 1. The molecule has 0 fully saturated rings. The summed E-state index contributed by atoms with van der Waals surface area (Å²) in [7, 11) is 0. The molecule has 1 heterocycles. The predicted molar refractivity (Wildman–Crippen MR) is 72.6 cm³/mol. The lowest BCUT2D eigenvalue weighted by atomic mass is 10.1. The molecule has 0 radical (unpaired) electrons. The predicted octanol–water partition coefficient (Wildman–Crippen LogP) is 4.28. The van der Waals surface area contributed by atoms with Crippen LogP contribution in [0, 0.1) is 13.8 Å². The molecule has 0 aliphatic carbocycles. The zero-order valence-corrected chi connectivity index (χ0v) is 11.6. The maximum Gasteiger partial charge on any atom is 0.238 e. The van der Waals surface area contributed by atoms with E-state index in [-0.39, 0.29) is 0 Å². The van der Waals surface area contributed by atoms with E-state index in [0.29, 0.717) is 23.2 Å². The number of aryl methyl sites for hydroxylation is 2. The van der Waals surface area contributed by atoms with Crippen molar-refractivity contribution in [2.75, 3.05) is 0 Å². The van der Waals surface area contributed by atoms with Crippen molar-refractivity contribution >= 4 is 23.2 Å². The van der Waals surface area contributed by atoms with Crippen LogP contribution in [0.3, 0.4) is 0 Å². The summed E-state index contributed by atoms with van der Waals surface area (Å²) in [5.74, 6) is 1.47. The van der Waals surface area contributed by atoms with Gasteiger partial charge in [-0.1, -0.05) is 11.6 Å². The van der Waals surface area contributed by atoms with Gasteiger partial charge < -0.3 is 4.74 Å². The Hall–Kier alpha value is -1.32. The quantitative estimate of drug-likeness (QED) is 0.789. The van der Waals surface area contributed by atoms with E-state index in [2.05, 4.69) is 10.2 Å². The summed E-state index contributed by atoms with van der Waals surface area (Å²) in [6, 6.07) is 7.26. The van der Waals surface area contributed by atoms with Gasteiger partial charge in [0.25, 0.3) is 0 Å². The molecule has 0 amide bonds. The second kappa shape index (κ2) is 5.55. The Labute approximate surface area is 116 Å². The molecular formula is C13H12Cl2N2O. The number of rotatable bonds is 3. The average Bonchev–Trinajstić information content (AvgIpc) is 2.37. The molecule has 94 valence electrons. The van der Waals surface area contributed by atoms with Crippen LogP contribution in [0.5, 0.6) is 11.6 Å². The molecule has 0 aliphatic heterocycles. The smallest absolute Gasteiger partial charge is 0.238 e. The Morgan fingerprint density at radius 2 is 1.78 bits per heavy atom. The van der Waals surface area contributed by atoms with E-state index in [1.807, 2.05) is 26.0 Å². The van der Waals surface area contributed by atoms with E-state index in [4.69, 9.17) is 27.9 Å². The lowest BCUT2D eigenvalue weighted by molar-refractivity contribution is 0.453. The van der Waals surface area contributed by atoms with Gasteiger partial charge in [0.1, 0.15) is 5.75 Å². The summed E-state index contributed by atoms with van der Waals surface area (Å²) in [4.78, 5) is 0. The number of nitrogens with zero attached hydrogens (tertiary/aromatic N) is 2. The van der Waals surface area contributed by atoms with Crippen LogP contribution in [-0.4, -0.2) is 10.2 Å². The fourth-order valence-electron chi connectivity index (χ4n) is 1.56. The Kier molecular flexibility index (Phi) is 4.04. The first kappa shape index (κ1) is 13.1. The van der Waals surface area contributed by atoms with Crippen molar-refractivity contribution in [3.8, 4) is 11.6 Å². The van der Waals surface area contributed by atoms with Gasteiger partial charge in [-0.05, 0) is 43.2 Å². The molecule has 0 spiro atoms. The number of hydrogen-bond acceptors (Lipinski definition) is 3. The standard InChI is InChI=1S/C13H12Cl2N2O/c1-8-5-11(6-9(2)13(8)15)18-12-4-3-10(7-14)16-17-12/h3-6H,7H2,1-2H3. The lowest BCUT2D eigenvalue weighted by Crippen LogP contribution is -1.94. The first-order valence-electron chi connectivity index (χ1n) is 5.43. The molecule has 1 aromatic heterocycles. The van der Waals surface area contributed by atoms with Gasteiger partial charge in [0.15, 0.2) is 0 Å². The van der Waals surface area contributed by atoms with Gasteiger partial charge in [-0.2, -0.15) is 5.10 Å². The van der Waals surface area contributed by atoms with Crippen LogP contribution in [0.15, 0.2) is 24.3 Å². The molecular weight excluding hydrogens is 271 g/mol. The molecule has 0 N–H and O–H groups in total. The minimum absolute atomic E-state index is 0.340. The number of alkyl halides is 1. The van der Waals surface area contributed by atoms with E-state index < -0.39 is 0 Å². The molecule has 2 aromatic rings. The number of aromatic nitrogens is 2. The normalized spacial score (nSPS) is 10.4. The second-order valence-corrected chi connectivity index (χ2v) is 4.61. The van der Waals surface area contributed by atoms with Gasteiger partial charge in [-0.3, -0.25) is 0 Å². The fourth-order valence-corrected chi connectivity index (χ4v) is 1.81. The Morgan fingerprint density at radius 1 is 1.11 bits per heavy atom. The lowest BCUT2D eigenvalue weighted by Gasteiger charge is -2.08. The van der Waals surface area contributed by atoms with Crippen LogP contribution in [0.25, 0.3) is 0 Å². The summed E-state index contributed by atoms with van der Waals surface area (Å²) >= 11 is 11.7. The maximum atomic E-state index is 6.09. The van der Waals surface area contributed by atoms with Crippen molar-refractivity contribution in [3.05, 3.63) is 46.1 Å². The molecule has 2 rings (SSSR count). The van der Waals surface area contributed by atoms with Crippen molar-refractivity contribution in [1.29, 1.82) is 0 Å². The molecule has 18 heavy (non-hydrogen) atoms. The monoisotopic (exact) mass is 282 g/mol. The van der Waals surface area contributed by atoms with Crippen LogP contribution in [0.1, 0.15) is 16.8 Å². The van der Waals surface area contributed by atoms with Gasteiger partial charge in [-0.15, -0.1) is 16.7 Å². The SMILES string of the molecule is Cc1cc(Oc2ccc(CCl)nn2)cc(C)c1Cl. The molecule has 0 aliphatic rings. The van der Waals surface area contributed by atoms with E-state index in [9.17, 15) is 0 Å². The second-order valence-electron chi connectivity index (χ2n) is 3.97. The van der Waals surface area contributed by atoms with Crippen LogP contribution in [0.4, 0.5) is 0 Å². The van der Waals surface area contributed by atoms with E-state index >= 15 is 0 Å². The molecule has 1 aromatic carbocycles. The zero-order valence-electron chi connectivity index (χ0n) is 10.1. The summed E-state index contributed by atoms with van der Waals surface area (Å²) < 4.78 is 5.62. The number of ether oxygens (including phenoxy) is 1. The highest BCUT2D eigenvalue weighted by molar-refractivity contribution is 6.32. The van der Waals surface area contributed by atoms with Crippen LogP contribution in [-0.2, 0) is 5.88 Å². The molecule has 0 saturated heterocycles. The third-order valence-electron chi connectivity index (χ3n) is 2.46. The molecule has 5 heteroatoms. The summed E-state index contributed by atoms with van der Waals surface area (Å²) in [5, 5.41) is 8.62. The third-order valence-corrected chi connectivity index (χ3v) is 3.33. The Morgan fingerprint density at radius 3 is 2.28 bits per heavy atom. The highest BCUT2D eigenvalue weighted by atomic mass is 35.5. The van der Waals surface area contributed by atoms with Gasteiger partial charge in [-0.25, -0.2) is 0 Å². The van der Waals surface area contributed by atoms with Crippen molar-refractivity contribution in [2.45, 2.75) is 19.7 Å². The summed E-state index contributed by atoms with van der Waals surface area (Å²) in [6.45, 7) is 3.87. The topological polar surface area (TPSA) is 35.0 Å². The first-order chi connectivity index (χ1) is 8.60. The first-order valence-corrected chi connectivity index (χ1v) is 6.34. The minimum atomic E-state index is 0.340. The van der Waals surface area contributed by atoms with Gasteiger partial charge in [0, 0.05) is 11.1 Å². The average molecular weight is 283 g/mol. The molecule has 0 unspecified atom stereocenters. The van der Waals surface area contributed by atoms with Gasteiger partial charge in [0.05, 0.1) is 11.6 Å². The maximum absolute atomic E-state index is 6.09. The van der Waals surface area contributed by atoms with E-state index in [1.165, 1.54) is 0 Å². The van der Waals surface area contributed by atoms with Crippen molar-refractivity contribution < 1.29 is 4.74 Å². The van der Waals surface area contributed by atoms with Crippen molar-refractivity contribution in [3.63, 3.8) is 0 Å². The minimum Gasteiger partial charge on any atom is -0.438 e. The van der Waals surface area contributed by atoms with Crippen LogP contribution < -0.4 is 4.74 Å². The van der Waals surface area contributed by atoms with Crippen molar-refractivity contribution in [2.24, 2.45) is 0 Å². The largest absolute Gasteiger partial charge is 0.438 e. The number of hydrogen-bond donors (Lipinski definition) is 0. The van der Waals surface area contributed by atoms with Crippen LogP contribution >= 0.6 is 23.2 Å². The van der Waals surface area contributed by atoms with E-state index in [1.54, 1.807) is 12.1 Å². The summed E-state index contributed by atoms with van der Waals surface area (Å²) in [5.41, 5.74) is 2.65. The summed E-state index contributed by atoms with van der Waals surface area (Å²) in [6.07, 6.45) is 0. The highest BCUT2D eigenvalue weighted by Gasteiger charge is 2.05.